The molecule has 4 heteroatoms. The quantitative estimate of drug-likeness (QED) is 0.166. The lowest BCUT2D eigenvalue weighted by atomic mass is 9.34. The standard InChI is InChI=1S/C45H47BN2O/c1-43(2,3)28-17-20-30(21-18-28)47-35-23-19-29(44(4,5)6)24-33(35)46-34-26-38-32(25-40(34)49-39-15-11-14-37(47)42(39)46)41-31-13-10-12-27(31)16-22-36(41)48(38)45(7,8)9/h11,14-26H,10,12-13H2,1-9H3/i11D. The van der Waals surface area contributed by atoms with Gasteiger partial charge in [-0.15, -0.1) is 0 Å². The molecule has 0 saturated heterocycles. The van der Waals surface area contributed by atoms with Crippen molar-refractivity contribution in [2.24, 2.45) is 0 Å². The molecule has 246 valence electrons. The largest absolute Gasteiger partial charge is 0.458 e. The predicted molar refractivity (Wildman–Crippen MR) is 210 cm³/mol. The summed E-state index contributed by atoms with van der Waals surface area (Å²) in [6.07, 6.45) is 3.49. The lowest BCUT2D eigenvalue weighted by Gasteiger charge is -2.40. The van der Waals surface area contributed by atoms with Crippen molar-refractivity contribution in [3.8, 4) is 11.5 Å². The van der Waals surface area contributed by atoms with Gasteiger partial charge in [0.05, 0.1) is 1.37 Å². The van der Waals surface area contributed by atoms with Gasteiger partial charge >= 0.3 is 0 Å². The minimum absolute atomic E-state index is 0.0145. The maximum absolute atomic E-state index is 9.01. The van der Waals surface area contributed by atoms with E-state index >= 15 is 0 Å². The highest BCUT2D eigenvalue weighted by atomic mass is 16.5. The Kier molecular flexibility index (Phi) is 6.05. The van der Waals surface area contributed by atoms with Gasteiger partial charge in [0, 0.05) is 44.4 Å². The van der Waals surface area contributed by atoms with Crippen molar-refractivity contribution >= 4 is 62.0 Å². The van der Waals surface area contributed by atoms with Crippen LogP contribution in [0.1, 0.15) is 92.4 Å². The molecule has 0 fully saturated rings. The molecule has 3 heterocycles. The Bertz CT molecular complexity index is 2400. The predicted octanol–water partition coefficient (Wildman–Crippen LogP) is 10.0. The molecule has 0 unspecified atom stereocenters. The fraction of sp³-hybridized carbons (Fsp3) is 0.333. The van der Waals surface area contributed by atoms with Crippen LogP contribution in [0.15, 0.2) is 84.9 Å². The number of ether oxygens (including phenoxy) is 1. The van der Waals surface area contributed by atoms with Crippen LogP contribution in [-0.2, 0) is 29.2 Å². The summed E-state index contributed by atoms with van der Waals surface area (Å²) in [5.74, 6) is 1.70. The Morgan fingerprint density at radius 3 is 2.12 bits per heavy atom. The molecule has 5 aromatic carbocycles. The number of nitrogens with zero attached hydrogens (tertiary/aromatic N) is 2. The van der Waals surface area contributed by atoms with E-state index < -0.39 is 0 Å². The first-order valence-electron chi connectivity index (χ1n) is 18.6. The topological polar surface area (TPSA) is 17.4 Å². The third kappa shape index (κ3) is 4.48. The number of fused-ring (bicyclic) bond motifs is 9. The molecule has 0 N–H and O–H groups in total. The Morgan fingerprint density at radius 1 is 0.673 bits per heavy atom. The lowest BCUT2D eigenvalue weighted by molar-refractivity contribution is 0.423. The van der Waals surface area contributed by atoms with Gasteiger partial charge in [-0.2, -0.15) is 0 Å². The van der Waals surface area contributed by atoms with Crippen LogP contribution < -0.4 is 26.0 Å². The van der Waals surface area contributed by atoms with Gasteiger partial charge in [-0.05, 0) is 138 Å². The van der Waals surface area contributed by atoms with Crippen molar-refractivity contribution in [3.05, 3.63) is 107 Å². The molecule has 0 amide bonds. The van der Waals surface area contributed by atoms with E-state index in [1.54, 1.807) is 0 Å². The molecular formula is C45H47BN2O. The second-order valence-corrected chi connectivity index (χ2v) is 17.7. The van der Waals surface area contributed by atoms with E-state index in [0.29, 0.717) is 6.04 Å². The summed E-state index contributed by atoms with van der Waals surface area (Å²) >= 11 is 0. The average molecular weight is 644 g/mol. The molecule has 6 aromatic rings. The number of aromatic nitrogens is 1. The van der Waals surface area contributed by atoms with E-state index in [9.17, 15) is 0 Å². The van der Waals surface area contributed by atoms with E-state index in [1.807, 2.05) is 12.1 Å². The minimum atomic E-state index is -0.111. The normalized spacial score (nSPS) is 15.6. The molecule has 0 radical (unpaired) electrons. The first-order chi connectivity index (χ1) is 23.6. The van der Waals surface area contributed by atoms with E-state index in [4.69, 9.17) is 6.11 Å². The minimum Gasteiger partial charge on any atom is -0.458 e. The van der Waals surface area contributed by atoms with Crippen LogP contribution >= 0.6 is 0 Å². The molecule has 9 rings (SSSR count). The van der Waals surface area contributed by atoms with Gasteiger partial charge in [-0.1, -0.05) is 77.9 Å². The van der Waals surface area contributed by atoms with E-state index in [0.717, 1.165) is 46.9 Å². The Labute approximate surface area is 293 Å². The second-order valence-electron chi connectivity index (χ2n) is 17.7. The molecule has 3 aliphatic rings. The Morgan fingerprint density at radius 2 is 1.41 bits per heavy atom. The van der Waals surface area contributed by atoms with Crippen LogP contribution in [0.4, 0.5) is 17.1 Å². The van der Waals surface area contributed by atoms with Gasteiger partial charge in [0.1, 0.15) is 11.5 Å². The second kappa shape index (κ2) is 10.1. The first kappa shape index (κ1) is 29.5. The maximum Gasteiger partial charge on any atom is 0.256 e. The zero-order chi connectivity index (χ0) is 35.1. The van der Waals surface area contributed by atoms with E-state index in [-0.39, 0.29) is 23.1 Å². The van der Waals surface area contributed by atoms with Gasteiger partial charge in [-0.25, -0.2) is 0 Å². The fourth-order valence-electron chi connectivity index (χ4n) is 8.89. The molecule has 0 saturated carbocycles. The van der Waals surface area contributed by atoms with Crippen LogP contribution in [0.5, 0.6) is 11.5 Å². The van der Waals surface area contributed by atoms with Crippen molar-refractivity contribution in [2.75, 3.05) is 4.90 Å². The Balaban J connectivity index is 1.35. The molecule has 0 bridgehead atoms. The third-order valence-corrected chi connectivity index (χ3v) is 11.3. The Hall–Kier alpha value is -4.44. The van der Waals surface area contributed by atoms with Crippen molar-refractivity contribution in [1.82, 2.24) is 4.57 Å². The van der Waals surface area contributed by atoms with E-state index in [1.165, 1.54) is 61.4 Å². The first-order valence-corrected chi connectivity index (χ1v) is 18.1. The average Bonchev–Trinajstić information content (AvgIpc) is 3.64. The number of rotatable bonds is 1. The number of aryl methyl sites for hydroxylation is 2. The highest BCUT2D eigenvalue weighted by Gasteiger charge is 2.43. The zero-order valence-corrected chi connectivity index (χ0v) is 30.5. The monoisotopic (exact) mass is 643 g/mol. The van der Waals surface area contributed by atoms with Gasteiger partial charge in [0.2, 0.25) is 0 Å². The molecule has 0 spiro atoms. The third-order valence-electron chi connectivity index (χ3n) is 11.3. The van der Waals surface area contributed by atoms with Crippen molar-refractivity contribution in [1.29, 1.82) is 0 Å². The highest BCUT2D eigenvalue weighted by molar-refractivity contribution is 6.99. The summed E-state index contributed by atoms with van der Waals surface area (Å²) in [6, 6.07) is 30.0. The SMILES string of the molecule is [2H]c1cc2c3c(c1)N(c1ccc(C(C)(C)C)cc1)c1ccc(C(C)(C)C)cc1B3c1cc3c(cc1O2)c1c2c(ccc1n3C(C)(C)C)CCC2. The summed E-state index contributed by atoms with van der Waals surface area (Å²) in [7, 11) is 0. The number of hydrogen-bond acceptors (Lipinski definition) is 2. The molecular weight excluding hydrogens is 595 g/mol. The number of benzene rings is 5. The van der Waals surface area contributed by atoms with Crippen LogP contribution in [0.2, 0.25) is 0 Å². The lowest BCUT2D eigenvalue weighted by Crippen LogP contribution is -2.59. The fourth-order valence-corrected chi connectivity index (χ4v) is 8.89. The van der Waals surface area contributed by atoms with Gasteiger partial charge < -0.3 is 14.2 Å². The molecule has 2 aliphatic heterocycles. The highest BCUT2D eigenvalue weighted by Crippen LogP contribution is 2.45. The van der Waals surface area contributed by atoms with Crippen LogP contribution in [0.25, 0.3) is 21.8 Å². The number of hydrogen-bond donors (Lipinski definition) is 0. The van der Waals surface area contributed by atoms with Crippen molar-refractivity contribution in [3.63, 3.8) is 0 Å². The van der Waals surface area contributed by atoms with Gasteiger partial charge in [-0.3, -0.25) is 0 Å². The summed E-state index contributed by atoms with van der Waals surface area (Å²) in [5.41, 5.74) is 15.0. The van der Waals surface area contributed by atoms with Crippen molar-refractivity contribution < 1.29 is 6.11 Å². The molecule has 1 aromatic heterocycles. The van der Waals surface area contributed by atoms with Crippen LogP contribution in [-0.4, -0.2) is 11.3 Å². The van der Waals surface area contributed by atoms with Gasteiger partial charge in [0.15, 0.2) is 0 Å². The molecule has 3 nitrogen and oxygen atoms in total. The summed E-state index contributed by atoms with van der Waals surface area (Å²) < 4.78 is 18.6. The summed E-state index contributed by atoms with van der Waals surface area (Å²) in [6.45, 7) is 20.6. The van der Waals surface area contributed by atoms with Gasteiger partial charge in [0.25, 0.3) is 6.71 Å². The smallest absolute Gasteiger partial charge is 0.256 e. The van der Waals surface area contributed by atoms with Crippen LogP contribution in [0.3, 0.4) is 0 Å². The molecule has 49 heavy (non-hydrogen) atoms. The summed E-state index contributed by atoms with van der Waals surface area (Å²) in [4.78, 5) is 2.36. The summed E-state index contributed by atoms with van der Waals surface area (Å²) in [5, 5.41) is 2.67. The maximum atomic E-state index is 9.01. The molecule has 0 atom stereocenters. The number of anilines is 3. The van der Waals surface area contributed by atoms with Crippen molar-refractivity contribution in [2.45, 2.75) is 97.9 Å². The van der Waals surface area contributed by atoms with Crippen LogP contribution in [0, 0.1) is 0 Å². The molecule has 1 aliphatic carbocycles. The zero-order valence-electron chi connectivity index (χ0n) is 31.5. The van der Waals surface area contributed by atoms with E-state index in [2.05, 4.69) is 139 Å².